The van der Waals surface area contributed by atoms with Crippen LogP contribution in [0.25, 0.3) is 0 Å². The van der Waals surface area contributed by atoms with Crippen LogP contribution < -0.4 is 20.1 Å². The van der Waals surface area contributed by atoms with E-state index in [1.807, 2.05) is 12.1 Å². The maximum absolute atomic E-state index is 13.7. The molecule has 9 heteroatoms. The first-order valence-electron chi connectivity index (χ1n) is 13.2. The monoisotopic (exact) mass is 542 g/mol. The Labute approximate surface area is 226 Å². The van der Waals surface area contributed by atoms with Gasteiger partial charge in [0, 0.05) is 46.6 Å². The molecule has 0 radical (unpaired) electrons. The molecule has 2 aromatic carbocycles. The van der Waals surface area contributed by atoms with Crippen LogP contribution in [0, 0.1) is 18.2 Å². The molecule has 2 atom stereocenters. The summed E-state index contributed by atoms with van der Waals surface area (Å²) in [6.07, 6.45) is 4.40. The first-order chi connectivity index (χ1) is 18.1. The number of aryl methyl sites for hydroxylation is 1. The number of hydrogen-bond donors (Lipinski definition) is 3. The molecule has 7 nitrogen and oxygen atoms in total. The van der Waals surface area contributed by atoms with Crippen LogP contribution in [0.1, 0.15) is 62.1 Å². The Morgan fingerprint density at radius 2 is 1.95 bits per heavy atom. The molecule has 1 heterocycles. The summed E-state index contributed by atoms with van der Waals surface area (Å²) in [4.78, 5) is 25.8. The fraction of sp³-hybridized carbons (Fsp3) is 0.517. The normalized spacial score (nSPS) is 29.7. The number of Topliss-reactive ketones (excluding diaryl/α,β-unsaturated/α-hetero) is 1. The Hall–Kier alpha value is -2.68. The Bertz CT molecular complexity index is 1280. The molecular weight excluding hydrogens is 511 g/mol. The number of halogens is 2. The molecule has 0 unspecified atom stereocenters. The van der Waals surface area contributed by atoms with Crippen molar-refractivity contribution in [3.63, 3.8) is 0 Å². The molecule has 1 amide bonds. The molecule has 0 spiro atoms. The quantitative estimate of drug-likeness (QED) is 0.417. The molecule has 38 heavy (non-hydrogen) atoms. The molecule has 4 fully saturated rings. The van der Waals surface area contributed by atoms with Gasteiger partial charge in [-0.25, -0.2) is 4.39 Å². The van der Waals surface area contributed by atoms with Gasteiger partial charge in [0.2, 0.25) is 0 Å². The van der Waals surface area contributed by atoms with E-state index in [1.54, 1.807) is 25.1 Å². The Balaban J connectivity index is 1.02. The zero-order valence-corrected chi connectivity index (χ0v) is 22.1. The lowest BCUT2D eigenvalue weighted by Gasteiger charge is -2.70. The Morgan fingerprint density at radius 3 is 2.63 bits per heavy atom. The van der Waals surface area contributed by atoms with Gasteiger partial charge in [0.1, 0.15) is 17.3 Å². The lowest BCUT2D eigenvalue weighted by Crippen LogP contribution is -2.75. The van der Waals surface area contributed by atoms with Crippen molar-refractivity contribution in [1.29, 1.82) is 0 Å². The van der Waals surface area contributed by atoms with E-state index in [0.29, 0.717) is 34.9 Å². The molecular formula is C29H32ClFN2O5. The summed E-state index contributed by atoms with van der Waals surface area (Å²) in [5.41, 5.74) is 0.779. The summed E-state index contributed by atoms with van der Waals surface area (Å²) in [5, 5.41) is 17.0. The van der Waals surface area contributed by atoms with Gasteiger partial charge in [-0.2, -0.15) is 0 Å². The van der Waals surface area contributed by atoms with Crippen LogP contribution in [0.15, 0.2) is 36.4 Å². The molecule has 7 rings (SSSR count). The second-order valence-electron chi connectivity index (χ2n) is 11.9. The number of carbonyl (C=O) groups is 2. The van der Waals surface area contributed by atoms with E-state index in [0.717, 1.165) is 37.7 Å². The molecule has 0 saturated heterocycles. The van der Waals surface area contributed by atoms with E-state index >= 15 is 0 Å². The number of carbonyl (C=O) groups excluding carboxylic acids is 2. The van der Waals surface area contributed by atoms with Crippen LogP contribution >= 0.6 is 11.6 Å². The minimum absolute atomic E-state index is 0.0583. The smallest absolute Gasteiger partial charge is 0.258 e. The highest BCUT2D eigenvalue weighted by atomic mass is 35.5. The molecule has 2 bridgehead atoms. The van der Waals surface area contributed by atoms with Crippen molar-refractivity contribution in [3.8, 4) is 11.5 Å². The SMILES string of the molecule is Cc1ccc(OCC(=O)NC23CC(CC(=O)[C@H]4C[C@H](NC5(CO)CC5)c5cc(Cl)ccc5O4)(C2)C3)cc1F. The highest BCUT2D eigenvalue weighted by Gasteiger charge is 2.68. The average molecular weight is 543 g/mol. The summed E-state index contributed by atoms with van der Waals surface area (Å²) < 4.78 is 25.3. The number of ketones is 1. The van der Waals surface area contributed by atoms with Crippen molar-refractivity contribution >= 4 is 23.3 Å². The van der Waals surface area contributed by atoms with E-state index in [9.17, 15) is 19.1 Å². The van der Waals surface area contributed by atoms with Gasteiger partial charge in [0.15, 0.2) is 18.5 Å². The van der Waals surface area contributed by atoms with E-state index < -0.39 is 6.10 Å². The third-order valence-corrected chi connectivity index (χ3v) is 8.90. The fourth-order valence-electron chi connectivity index (χ4n) is 6.59. The van der Waals surface area contributed by atoms with Crippen LogP contribution in [0.5, 0.6) is 11.5 Å². The molecule has 2 aromatic rings. The van der Waals surface area contributed by atoms with Gasteiger partial charge in [-0.1, -0.05) is 17.7 Å². The molecule has 3 N–H and O–H groups in total. The zero-order valence-electron chi connectivity index (χ0n) is 21.3. The Morgan fingerprint density at radius 1 is 1.18 bits per heavy atom. The average Bonchev–Trinajstić information content (AvgIpc) is 3.62. The van der Waals surface area contributed by atoms with Crippen molar-refractivity contribution in [2.45, 2.75) is 75.1 Å². The highest BCUT2D eigenvalue weighted by Crippen LogP contribution is 2.69. The van der Waals surface area contributed by atoms with Crippen LogP contribution in [-0.4, -0.2) is 47.2 Å². The molecule has 0 aromatic heterocycles. The number of rotatable bonds is 10. The highest BCUT2D eigenvalue weighted by molar-refractivity contribution is 6.30. The third-order valence-electron chi connectivity index (χ3n) is 8.67. The number of ether oxygens (including phenoxy) is 2. The van der Waals surface area contributed by atoms with Gasteiger partial charge in [-0.15, -0.1) is 0 Å². The van der Waals surface area contributed by atoms with Crippen molar-refractivity contribution in [1.82, 2.24) is 10.6 Å². The standard InChI is InChI=1S/C29H32ClFN2O5/c1-17-2-4-19(9-21(17)31)37-12-26(36)33-29-13-27(14-29,15-29)11-23(35)25-10-22(32-28(16-34)6-7-28)20-8-18(30)3-5-24(20)38-25/h2-5,8-9,22,25,32,34H,6-7,10-16H2,1H3,(H,33,36)/t22-,25+,27?,29?/m0/s1. The topological polar surface area (TPSA) is 96.9 Å². The summed E-state index contributed by atoms with van der Waals surface area (Å²) >= 11 is 6.24. The number of hydrogen-bond acceptors (Lipinski definition) is 6. The van der Waals surface area contributed by atoms with Crippen LogP contribution in [0.4, 0.5) is 4.39 Å². The van der Waals surface area contributed by atoms with Crippen molar-refractivity contribution < 1.29 is 28.6 Å². The summed E-state index contributed by atoms with van der Waals surface area (Å²) in [5.74, 6) is 0.420. The molecule has 5 aliphatic rings. The lowest BCUT2D eigenvalue weighted by molar-refractivity contribution is -0.175. The third kappa shape index (κ3) is 4.78. The summed E-state index contributed by atoms with van der Waals surface area (Å²) in [6.45, 7) is 1.54. The number of amides is 1. The maximum atomic E-state index is 13.7. The molecule has 4 aliphatic carbocycles. The van der Waals surface area contributed by atoms with Gasteiger partial charge < -0.3 is 25.2 Å². The van der Waals surface area contributed by atoms with E-state index in [2.05, 4.69) is 10.6 Å². The van der Waals surface area contributed by atoms with E-state index in [4.69, 9.17) is 21.1 Å². The number of aliphatic hydroxyl groups is 1. The van der Waals surface area contributed by atoms with Crippen molar-refractivity contribution in [3.05, 3.63) is 58.4 Å². The van der Waals surface area contributed by atoms with Gasteiger partial charge in [-0.05, 0) is 74.3 Å². The van der Waals surface area contributed by atoms with Gasteiger partial charge in [-0.3, -0.25) is 9.59 Å². The van der Waals surface area contributed by atoms with Crippen LogP contribution in [0.3, 0.4) is 0 Å². The number of nitrogens with one attached hydrogen (secondary N) is 2. The minimum Gasteiger partial charge on any atom is -0.484 e. The molecule has 202 valence electrons. The largest absolute Gasteiger partial charge is 0.484 e. The maximum Gasteiger partial charge on any atom is 0.258 e. The molecule has 4 saturated carbocycles. The predicted octanol–water partition coefficient (Wildman–Crippen LogP) is 4.17. The first-order valence-corrected chi connectivity index (χ1v) is 13.6. The lowest BCUT2D eigenvalue weighted by atomic mass is 9.38. The van der Waals surface area contributed by atoms with Gasteiger partial charge in [0.25, 0.3) is 5.91 Å². The van der Waals surface area contributed by atoms with Crippen molar-refractivity contribution in [2.24, 2.45) is 5.41 Å². The van der Waals surface area contributed by atoms with Gasteiger partial charge in [0.05, 0.1) is 6.61 Å². The van der Waals surface area contributed by atoms with Crippen LogP contribution in [0.2, 0.25) is 5.02 Å². The number of benzene rings is 2. The second kappa shape index (κ2) is 9.21. The van der Waals surface area contributed by atoms with Crippen LogP contribution in [-0.2, 0) is 9.59 Å². The number of fused-ring (bicyclic) bond motifs is 1. The van der Waals surface area contributed by atoms with E-state index in [1.165, 1.54) is 6.07 Å². The first kappa shape index (κ1) is 25.6. The predicted molar refractivity (Wildman–Crippen MR) is 139 cm³/mol. The summed E-state index contributed by atoms with van der Waals surface area (Å²) in [6, 6.07) is 9.85. The zero-order chi connectivity index (χ0) is 26.7. The van der Waals surface area contributed by atoms with E-state index in [-0.39, 0.29) is 53.3 Å². The summed E-state index contributed by atoms with van der Waals surface area (Å²) in [7, 11) is 0. The minimum atomic E-state index is -0.571. The number of aliphatic hydroxyl groups excluding tert-OH is 1. The molecule has 1 aliphatic heterocycles. The second-order valence-corrected chi connectivity index (χ2v) is 12.3. The van der Waals surface area contributed by atoms with Gasteiger partial charge >= 0.3 is 0 Å². The fourth-order valence-corrected chi connectivity index (χ4v) is 6.77. The Kier molecular flexibility index (Phi) is 6.20. The van der Waals surface area contributed by atoms with Crippen molar-refractivity contribution in [2.75, 3.05) is 13.2 Å².